The quantitative estimate of drug-likeness (QED) is 0.443. The van der Waals surface area contributed by atoms with Crippen LogP contribution < -0.4 is 15.5 Å². The number of benzene rings is 1. The first kappa shape index (κ1) is 25.6. The summed E-state index contributed by atoms with van der Waals surface area (Å²) >= 11 is 5.56. The van der Waals surface area contributed by atoms with Crippen LogP contribution in [0.3, 0.4) is 0 Å². The van der Waals surface area contributed by atoms with Gasteiger partial charge in [-0.15, -0.1) is 0 Å². The number of halogens is 3. The highest BCUT2D eigenvalue weighted by Crippen LogP contribution is 2.29. The summed E-state index contributed by atoms with van der Waals surface area (Å²) in [5, 5.41) is 11.9. The zero-order valence-corrected chi connectivity index (χ0v) is 19.3. The van der Waals surface area contributed by atoms with Gasteiger partial charge >= 0.3 is 5.97 Å². The Morgan fingerprint density at radius 1 is 1.35 bits per heavy atom. The number of rotatable bonds is 7. The number of nitrogens with zero attached hydrogens (tertiary/aromatic N) is 1. The van der Waals surface area contributed by atoms with Gasteiger partial charge in [-0.05, 0) is 26.3 Å². The minimum absolute atomic E-state index is 0.108. The third kappa shape index (κ3) is 5.06. The first-order valence-corrected chi connectivity index (χ1v) is 10.7. The van der Waals surface area contributed by atoms with Crippen LogP contribution in [0.2, 0.25) is 5.02 Å². The van der Waals surface area contributed by atoms with Crippen molar-refractivity contribution in [1.82, 2.24) is 9.88 Å². The van der Waals surface area contributed by atoms with Crippen molar-refractivity contribution in [2.45, 2.75) is 45.2 Å². The number of nitrogens with one attached hydrogen (secondary N) is 1. The molecule has 1 unspecified atom stereocenters. The van der Waals surface area contributed by atoms with E-state index in [1.807, 2.05) is 0 Å². The molecule has 1 aromatic heterocycles. The van der Waals surface area contributed by atoms with E-state index in [-0.39, 0.29) is 24.3 Å². The van der Waals surface area contributed by atoms with Crippen LogP contribution in [-0.4, -0.2) is 47.7 Å². The third-order valence-electron chi connectivity index (χ3n) is 5.12. The van der Waals surface area contributed by atoms with E-state index >= 15 is 0 Å². The van der Waals surface area contributed by atoms with Crippen molar-refractivity contribution in [3.8, 4) is 5.75 Å². The van der Waals surface area contributed by atoms with Crippen molar-refractivity contribution >= 4 is 23.5 Å². The van der Waals surface area contributed by atoms with Crippen LogP contribution in [0.5, 0.6) is 5.75 Å². The average molecular weight is 501 g/mol. The second-order valence-corrected chi connectivity index (χ2v) is 8.13. The number of ether oxygens (including phenoxy) is 3. The van der Waals surface area contributed by atoms with E-state index in [1.54, 1.807) is 13.8 Å². The lowest BCUT2D eigenvalue weighted by Crippen LogP contribution is -2.34. The molecule has 2 aromatic rings. The monoisotopic (exact) mass is 500 g/mol. The number of amides is 1. The summed E-state index contributed by atoms with van der Waals surface area (Å²) in [5.41, 5.74) is -1.75. The molecule has 1 fully saturated rings. The van der Waals surface area contributed by atoms with Crippen LogP contribution in [0.4, 0.5) is 8.78 Å². The number of esters is 1. The normalized spacial score (nSPS) is 17.6. The molecule has 0 radical (unpaired) electrons. The largest absolute Gasteiger partial charge is 0.491 e. The Bertz CT molecular complexity index is 1170. The van der Waals surface area contributed by atoms with Gasteiger partial charge in [-0.25, -0.2) is 13.6 Å². The molecule has 0 aliphatic carbocycles. The van der Waals surface area contributed by atoms with Gasteiger partial charge in [-0.3, -0.25) is 9.59 Å². The predicted molar refractivity (Wildman–Crippen MR) is 116 cm³/mol. The molecule has 1 saturated heterocycles. The molecule has 2 atom stereocenters. The minimum atomic E-state index is -1.32. The molecule has 34 heavy (non-hydrogen) atoms. The number of hydrogen-bond acceptors (Lipinski definition) is 7. The third-order valence-corrected chi connectivity index (χ3v) is 5.47. The number of aliphatic hydroxyl groups is 1. The van der Waals surface area contributed by atoms with Crippen molar-refractivity contribution in [2.24, 2.45) is 0 Å². The summed E-state index contributed by atoms with van der Waals surface area (Å²) in [7, 11) is 1.15. The van der Waals surface area contributed by atoms with Crippen LogP contribution in [0.1, 0.15) is 52.7 Å². The number of aromatic nitrogens is 1. The maximum atomic E-state index is 14.2. The maximum absolute atomic E-state index is 14.2. The fourth-order valence-corrected chi connectivity index (χ4v) is 3.69. The standard InChI is InChI=1S/C22H23ClF2N2O7/c1-10(2)34-22(31)17-19(32-3)18(28)12(9-27(17)14-6-7-33-21(14)30)20(29)26-8-11-4-5-13(24)15(23)16(11)25/h4-5,9-10,14,21,30H,6-8H2,1-3H3,(H,26,29)/t14-,21?/m1/s1. The number of methoxy groups -OCH3 is 1. The molecule has 1 aliphatic heterocycles. The van der Waals surface area contributed by atoms with Gasteiger partial charge in [0.05, 0.1) is 25.9 Å². The van der Waals surface area contributed by atoms with Crippen molar-refractivity contribution in [3.05, 3.63) is 62.0 Å². The van der Waals surface area contributed by atoms with Crippen LogP contribution in [0.15, 0.2) is 23.1 Å². The SMILES string of the molecule is COc1c(C(=O)OC(C)C)n([C@@H]2CCOC2O)cc(C(=O)NCc2ccc(F)c(Cl)c2F)c1=O. The van der Waals surface area contributed by atoms with Crippen LogP contribution in [-0.2, 0) is 16.0 Å². The highest BCUT2D eigenvalue weighted by molar-refractivity contribution is 6.30. The molecule has 184 valence electrons. The molecule has 9 nitrogen and oxygen atoms in total. The fourth-order valence-electron chi connectivity index (χ4n) is 3.50. The van der Waals surface area contributed by atoms with Crippen LogP contribution in [0.25, 0.3) is 0 Å². The summed E-state index contributed by atoms with van der Waals surface area (Å²) in [5.74, 6) is -4.28. The summed E-state index contributed by atoms with van der Waals surface area (Å²) < 4.78 is 44.3. The van der Waals surface area contributed by atoms with E-state index in [1.165, 1.54) is 4.57 Å². The van der Waals surface area contributed by atoms with Crippen molar-refractivity contribution in [1.29, 1.82) is 0 Å². The lowest BCUT2D eigenvalue weighted by atomic mass is 10.1. The zero-order valence-electron chi connectivity index (χ0n) is 18.6. The Balaban J connectivity index is 2.04. The van der Waals surface area contributed by atoms with Crippen molar-refractivity contribution < 1.29 is 37.7 Å². The first-order valence-electron chi connectivity index (χ1n) is 10.3. The lowest BCUT2D eigenvalue weighted by Gasteiger charge is -2.23. The molecule has 2 N–H and O–H groups in total. The number of hydrogen-bond donors (Lipinski definition) is 2. The molecule has 1 aromatic carbocycles. The molecule has 0 bridgehead atoms. The maximum Gasteiger partial charge on any atom is 0.359 e. The van der Waals surface area contributed by atoms with Gasteiger partial charge in [-0.2, -0.15) is 0 Å². The molecule has 3 rings (SSSR count). The van der Waals surface area contributed by atoms with E-state index in [2.05, 4.69) is 5.32 Å². The van der Waals surface area contributed by atoms with E-state index in [4.69, 9.17) is 25.8 Å². The zero-order chi connectivity index (χ0) is 25.2. The first-order chi connectivity index (χ1) is 16.1. The van der Waals surface area contributed by atoms with Crippen LogP contribution in [0, 0.1) is 11.6 Å². The molecule has 12 heteroatoms. The van der Waals surface area contributed by atoms with Crippen molar-refractivity contribution in [2.75, 3.05) is 13.7 Å². The van der Waals surface area contributed by atoms with Crippen LogP contribution >= 0.6 is 11.6 Å². The van der Waals surface area contributed by atoms with E-state index in [0.29, 0.717) is 0 Å². The molecule has 0 saturated carbocycles. The van der Waals surface area contributed by atoms with Crippen molar-refractivity contribution in [3.63, 3.8) is 0 Å². The average Bonchev–Trinajstić information content (AvgIpc) is 3.21. The van der Waals surface area contributed by atoms with Gasteiger partial charge in [0.15, 0.2) is 17.7 Å². The summed E-state index contributed by atoms with van der Waals surface area (Å²) in [6.45, 7) is 3.00. The highest BCUT2D eigenvalue weighted by Gasteiger charge is 2.35. The van der Waals surface area contributed by atoms with Gasteiger partial charge in [0.25, 0.3) is 5.91 Å². The highest BCUT2D eigenvalue weighted by atomic mass is 35.5. The number of carbonyl (C=O) groups is 2. The molecular formula is C22H23ClF2N2O7. The van der Waals surface area contributed by atoms with E-state index in [9.17, 15) is 28.3 Å². The molecule has 1 aliphatic rings. The smallest absolute Gasteiger partial charge is 0.359 e. The summed E-state index contributed by atoms with van der Waals surface area (Å²) in [6.07, 6.45) is -0.474. The molecule has 2 heterocycles. The number of pyridine rings is 1. The number of carbonyl (C=O) groups excluding carboxylic acids is 2. The predicted octanol–water partition coefficient (Wildman–Crippen LogP) is 2.56. The Morgan fingerprint density at radius 2 is 2.06 bits per heavy atom. The molecule has 1 amide bonds. The Kier molecular flexibility index (Phi) is 7.90. The molecule has 0 spiro atoms. The fraction of sp³-hybridized carbons (Fsp3) is 0.409. The second-order valence-electron chi connectivity index (χ2n) is 7.75. The summed E-state index contributed by atoms with van der Waals surface area (Å²) in [4.78, 5) is 38.7. The Morgan fingerprint density at radius 3 is 2.65 bits per heavy atom. The lowest BCUT2D eigenvalue weighted by molar-refractivity contribution is -0.0790. The Labute approximate surface area is 198 Å². The molecular weight excluding hydrogens is 478 g/mol. The summed E-state index contributed by atoms with van der Waals surface area (Å²) in [6, 6.07) is 1.23. The van der Waals surface area contributed by atoms with Gasteiger partial charge in [0.2, 0.25) is 5.43 Å². The Hall–Kier alpha value is -3.02. The van der Waals surface area contributed by atoms with E-state index in [0.717, 1.165) is 25.4 Å². The van der Waals surface area contributed by atoms with Gasteiger partial charge in [0.1, 0.15) is 22.2 Å². The minimum Gasteiger partial charge on any atom is -0.491 e. The topological polar surface area (TPSA) is 116 Å². The second kappa shape index (κ2) is 10.5. The van der Waals surface area contributed by atoms with E-state index < -0.39 is 70.3 Å². The van der Waals surface area contributed by atoms with Gasteiger partial charge < -0.3 is 29.2 Å². The number of aliphatic hydroxyl groups excluding tert-OH is 1. The van der Waals surface area contributed by atoms with Gasteiger partial charge in [0, 0.05) is 18.3 Å². The van der Waals surface area contributed by atoms with Gasteiger partial charge in [-0.1, -0.05) is 17.7 Å².